The molecule has 0 radical (unpaired) electrons. The summed E-state index contributed by atoms with van der Waals surface area (Å²) >= 11 is 6.55. The molecule has 2 aromatic carbocycles. The van der Waals surface area contributed by atoms with Crippen molar-refractivity contribution in [3.63, 3.8) is 0 Å². The van der Waals surface area contributed by atoms with Crippen molar-refractivity contribution in [2.75, 3.05) is 6.54 Å². The third-order valence-corrected chi connectivity index (χ3v) is 5.35. The van der Waals surface area contributed by atoms with Gasteiger partial charge >= 0.3 is 0 Å². The van der Waals surface area contributed by atoms with Gasteiger partial charge in [0.2, 0.25) is 0 Å². The van der Waals surface area contributed by atoms with Gasteiger partial charge in [0.05, 0.1) is 17.4 Å². The smallest absolute Gasteiger partial charge is 0.265 e. The molecule has 1 aliphatic rings. The molecule has 2 N–H and O–H groups in total. The normalized spacial score (nSPS) is 21.0. The number of hydrogen-bond donors (Lipinski definition) is 2. The Bertz CT molecular complexity index is 895. The first-order chi connectivity index (χ1) is 12.7. The van der Waals surface area contributed by atoms with Gasteiger partial charge in [-0.15, -0.1) is 11.6 Å². The summed E-state index contributed by atoms with van der Waals surface area (Å²) in [7, 11) is 0. The van der Waals surface area contributed by atoms with Gasteiger partial charge in [0.15, 0.2) is 0 Å². The Kier molecular flexibility index (Phi) is 4.91. The van der Waals surface area contributed by atoms with Gasteiger partial charge in [0, 0.05) is 12.1 Å². The summed E-state index contributed by atoms with van der Waals surface area (Å²) < 4.78 is 0. The number of nitrogens with zero attached hydrogens (tertiary/aromatic N) is 2. The first kappa shape index (κ1) is 17.1. The number of fused-ring (bicyclic) bond motifs is 1. The number of carbonyl (C=O) groups excluding carboxylic acids is 1. The number of aromatic nitrogens is 2. The highest BCUT2D eigenvalue weighted by Gasteiger charge is 2.28. The summed E-state index contributed by atoms with van der Waals surface area (Å²) in [6.45, 7) is 0.754. The lowest BCUT2D eigenvalue weighted by Gasteiger charge is -2.36. The van der Waals surface area contributed by atoms with Crippen LogP contribution >= 0.6 is 11.6 Å². The summed E-state index contributed by atoms with van der Waals surface area (Å²) in [5.41, 5.74) is 6.39. The van der Waals surface area contributed by atoms with Crippen LogP contribution in [0.2, 0.25) is 0 Å². The Morgan fingerprint density at radius 3 is 2.92 bits per heavy atom. The molecule has 0 spiro atoms. The third-order valence-electron chi connectivity index (χ3n) is 4.94. The predicted molar refractivity (Wildman–Crippen MR) is 103 cm³/mol. The predicted octanol–water partition coefficient (Wildman–Crippen LogP) is 3.73. The van der Waals surface area contributed by atoms with E-state index in [0.717, 1.165) is 36.8 Å². The van der Waals surface area contributed by atoms with Crippen LogP contribution in [0.4, 0.5) is 0 Å². The van der Waals surface area contributed by atoms with Crippen molar-refractivity contribution >= 4 is 28.5 Å². The molecule has 4 rings (SSSR count). The van der Waals surface area contributed by atoms with E-state index >= 15 is 0 Å². The number of H-pyrrole nitrogens is 1. The number of piperidine rings is 1. The monoisotopic (exact) mass is 368 g/mol. The summed E-state index contributed by atoms with van der Waals surface area (Å²) in [6, 6.07) is 15.9. The standard InChI is InChI=1S/C20H21ClN4O/c21-19-11-15(10-14-4-2-1-3-5-14)8-9-25(19)24-20(26)16-6-7-17-18(12-16)23-13-22-17/h1-7,12-13,15,19H,8-11H2,(H,22,23)(H,24,26). The zero-order valence-corrected chi connectivity index (χ0v) is 15.1. The van der Waals surface area contributed by atoms with Crippen LogP contribution in [0.3, 0.4) is 0 Å². The highest BCUT2D eigenvalue weighted by atomic mass is 35.5. The van der Waals surface area contributed by atoms with E-state index in [2.05, 4.69) is 39.7 Å². The Labute approximate surface area is 157 Å². The van der Waals surface area contributed by atoms with E-state index in [0.29, 0.717) is 11.5 Å². The molecule has 26 heavy (non-hydrogen) atoms. The van der Waals surface area contributed by atoms with Gasteiger partial charge in [0.25, 0.3) is 5.91 Å². The van der Waals surface area contributed by atoms with Crippen LogP contribution in [0, 0.1) is 5.92 Å². The average Bonchev–Trinajstić information content (AvgIpc) is 3.12. The number of benzene rings is 2. The molecule has 1 saturated heterocycles. The number of imidazole rings is 1. The lowest BCUT2D eigenvalue weighted by Crippen LogP contribution is -2.50. The van der Waals surface area contributed by atoms with Gasteiger partial charge in [-0.2, -0.15) is 0 Å². The molecule has 0 bridgehead atoms. The molecular weight excluding hydrogens is 348 g/mol. The molecule has 2 unspecified atom stereocenters. The Hall–Kier alpha value is -2.37. The number of halogens is 1. The number of alkyl halides is 1. The number of nitrogens with one attached hydrogen (secondary N) is 2. The second-order valence-corrected chi connectivity index (χ2v) is 7.29. The number of hydrogen-bond acceptors (Lipinski definition) is 3. The Morgan fingerprint density at radius 1 is 1.27 bits per heavy atom. The van der Waals surface area contributed by atoms with Gasteiger partial charge in [0.1, 0.15) is 5.50 Å². The summed E-state index contributed by atoms with van der Waals surface area (Å²) in [5, 5.41) is 1.85. The minimum absolute atomic E-state index is 0.145. The fourth-order valence-electron chi connectivity index (χ4n) is 3.51. The molecule has 2 atom stereocenters. The fraction of sp³-hybridized carbons (Fsp3) is 0.300. The molecule has 0 aliphatic carbocycles. The number of aromatic amines is 1. The maximum absolute atomic E-state index is 12.6. The first-order valence-corrected chi connectivity index (χ1v) is 9.31. The van der Waals surface area contributed by atoms with Gasteiger partial charge in [-0.1, -0.05) is 30.3 Å². The number of carbonyl (C=O) groups is 1. The lowest BCUT2D eigenvalue weighted by molar-refractivity contribution is 0.0638. The van der Waals surface area contributed by atoms with Crippen molar-refractivity contribution in [1.82, 2.24) is 20.4 Å². The van der Waals surface area contributed by atoms with Crippen molar-refractivity contribution in [2.45, 2.75) is 24.8 Å². The zero-order valence-electron chi connectivity index (χ0n) is 14.4. The van der Waals surface area contributed by atoms with Crippen LogP contribution in [0.25, 0.3) is 11.0 Å². The Balaban J connectivity index is 1.36. The summed E-state index contributed by atoms with van der Waals surface area (Å²) in [5.74, 6) is 0.392. The van der Waals surface area contributed by atoms with E-state index in [1.54, 1.807) is 12.4 Å². The molecule has 3 aromatic rings. The first-order valence-electron chi connectivity index (χ1n) is 8.88. The molecule has 1 amide bonds. The number of rotatable bonds is 4. The van der Waals surface area contributed by atoms with Crippen molar-refractivity contribution in [3.8, 4) is 0 Å². The van der Waals surface area contributed by atoms with Crippen LogP contribution in [-0.4, -0.2) is 32.9 Å². The van der Waals surface area contributed by atoms with Gasteiger partial charge in [-0.3, -0.25) is 10.2 Å². The van der Waals surface area contributed by atoms with Crippen LogP contribution in [0.1, 0.15) is 28.8 Å². The van der Waals surface area contributed by atoms with E-state index in [1.807, 2.05) is 23.2 Å². The maximum atomic E-state index is 12.6. The summed E-state index contributed by atoms with van der Waals surface area (Å²) in [6.07, 6.45) is 4.52. The second-order valence-electron chi connectivity index (χ2n) is 6.78. The molecule has 134 valence electrons. The zero-order chi connectivity index (χ0) is 17.9. The van der Waals surface area contributed by atoms with Gasteiger partial charge in [-0.05, 0) is 48.9 Å². The van der Waals surface area contributed by atoms with Crippen LogP contribution in [0.15, 0.2) is 54.9 Å². The van der Waals surface area contributed by atoms with Crippen molar-refractivity contribution in [2.24, 2.45) is 5.92 Å². The molecular formula is C20H21ClN4O. The van der Waals surface area contributed by atoms with Gasteiger partial charge < -0.3 is 4.98 Å². The highest BCUT2D eigenvalue weighted by molar-refractivity contribution is 6.20. The van der Waals surface area contributed by atoms with Crippen LogP contribution in [-0.2, 0) is 6.42 Å². The number of hydrazine groups is 1. The lowest BCUT2D eigenvalue weighted by atomic mass is 9.90. The van der Waals surface area contributed by atoms with E-state index < -0.39 is 0 Å². The second kappa shape index (κ2) is 7.48. The molecule has 0 saturated carbocycles. The maximum Gasteiger partial charge on any atom is 0.265 e. The van der Waals surface area contributed by atoms with Crippen molar-refractivity contribution in [3.05, 3.63) is 66.0 Å². The molecule has 1 aromatic heterocycles. The topological polar surface area (TPSA) is 61.0 Å². The highest BCUT2D eigenvalue weighted by Crippen LogP contribution is 2.27. The van der Waals surface area contributed by atoms with Crippen LogP contribution < -0.4 is 5.43 Å². The van der Waals surface area contributed by atoms with Crippen LogP contribution in [0.5, 0.6) is 0 Å². The van der Waals surface area contributed by atoms with Crippen molar-refractivity contribution < 1.29 is 4.79 Å². The Morgan fingerprint density at radius 2 is 2.12 bits per heavy atom. The fourth-order valence-corrected chi connectivity index (χ4v) is 3.91. The quantitative estimate of drug-likeness (QED) is 0.545. The number of amides is 1. The molecule has 2 heterocycles. The molecule has 5 nitrogen and oxygen atoms in total. The molecule has 6 heteroatoms. The minimum atomic E-state index is -0.197. The summed E-state index contributed by atoms with van der Waals surface area (Å²) in [4.78, 5) is 19.7. The average molecular weight is 369 g/mol. The molecule has 1 fully saturated rings. The largest absolute Gasteiger partial charge is 0.345 e. The van der Waals surface area contributed by atoms with Crippen molar-refractivity contribution in [1.29, 1.82) is 0 Å². The minimum Gasteiger partial charge on any atom is -0.345 e. The van der Waals surface area contributed by atoms with E-state index in [9.17, 15) is 4.79 Å². The third kappa shape index (κ3) is 3.74. The van der Waals surface area contributed by atoms with E-state index in [4.69, 9.17) is 11.6 Å². The van der Waals surface area contributed by atoms with Gasteiger partial charge in [-0.25, -0.2) is 9.99 Å². The SMILES string of the molecule is O=C(NN1CCC(Cc2ccccc2)CC1Cl)c1ccc2nc[nH]c2c1. The van der Waals surface area contributed by atoms with E-state index in [1.165, 1.54) is 5.56 Å². The van der Waals surface area contributed by atoms with E-state index in [-0.39, 0.29) is 11.4 Å². The molecule has 1 aliphatic heterocycles.